The summed E-state index contributed by atoms with van der Waals surface area (Å²) < 4.78 is 0. The third-order valence-electron chi connectivity index (χ3n) is 2.14. The zero-order valence-corrected chi connectivity index (χ0v) is 8.10. The topological polar surface area (TPSA) is 71.8 Å². The molecule has 1 N–H and O–H groups in total. The van der Waals surface area contributed by atoms with Gasteiger partial charge in [0.2, 0.25) is 0 Å². The lowest BCUT2D eigenvalue weighted by molar-refractivity contribution is -0.384. The van der Waals surface area contributed by atoms with Gasteiger partial charge in [-0.1, -0.05) is 30.3 Å². The molecule has 0 radical (unpaired) electrons. The average Bonchev–Trinajstić information content (AvgIpc) is 2.61. The summed E-state index contributed by atoms with van der Waals surface area (Å²) in [4.78, 5) is 10.4. The number of hydrogen-bond acceptors (Lipinski definition) is 3. The summed E-state index contributed by atoms with van der Waals surface area (Å²) >= 11 is 0. The van der Waals surface area contributed by atoms with Crippen molar-refractivity contribution in [3.05, 3.63) is 46.1 Å². The van der Waals surface area contributed by atoms with Crippen LogP contribution in [-0.2, 0) is 0 Å². The second-order valence-corrected chi connectivity index (χ2v) is 3.17. The Morgan fingerprint density at radius 1 is 1.33 bits per heavy atom. The van der Waals surface area contributed by atoms with E-state index in [1.165, 1.54) is 0 Å². The van der Waals surface area contributed by atoms with Crippen LogP contribution in [0.3, 0.4) is 0 Å². The van der Waals surface area contributed by atoms with Gasteiger partial charge in [0.05, 0.1) is 4.92 Å². The van der Waals surface area contributed by atoms with Gasteiger partial charge in [0.1, 0.15) is 5.69 Å². The standard InChI is InChI=1S/C10H9N3O2/c1-7-10(13(14)15)9(12-11-7)8-5-3-2-4-6-8/h2-6H,1H3,(H,11,12). The average molecular weight is 203 g/mol. The minimum atomic E-state index is -0.416. The van der Waals surface area contributed by atoms with E-state index in [9.17, 15) is 10.1 Å². The molecule has 0 fully saturated rings. The van der Waals surface area contributed by atoms with Crippen molar-refractivity contribution >= 4 is 5.69 Å². The van der Waals surface area contributed by atoms with Gasteiger partial charge in [-0.25, -0.2) is 0 Å². The summed E-state index contributed by atoms with van der Waals surface area (Å²) in [7, 11) is 0. The summed E-state index contributed by atoms with van der Waals surface area (Å²) in [6.45, 7) is 1.64. The molecular formula is C10H9N3O2. The van der Waals surface area contributed by atoms with Crippen molar-refractivity contribution in [1.29, 1.82) is 0 Å². The first-order valence-electron chi connectivity index (χ1n) is 4.45. The number of benzene rings is 1. The van der Waals surface area contributed by atoms with Gasteiger partial charge in [-0.05, 0) is 6.92 Å². The summed E-state index contributed by atoms with van der Waals surface area (Å²) in [6, 6.07) is 9.09. The van der Waals surface area contributed by atoms with Gasteiger partial charge in [-0.2, -0.15) is 5.10 Å². The summed E-state index contributed by atoms with van der Waals surface area (Å²) in [5.74, 6) is 0. The third kappa shape index (κ3) is 1.59. The molecular weight excluding hydrogens is 194 g/mol. The Hall–Kier alpha value is -2.17. The van der Waals surface area contributed by atoms with Gasteiger partial charge in [-0.15, -0.1) is 0 Å². The van der Waals surface area contributed by atoms with Crippen LogP contribution in [0.5, 0.6) is 0 Å². The first-order valence-corrected chi connectivity index (χ1v) is 4.45. The fraction of sp³-hybridized carbons (Fsp3) is 0.100. The minimum Gasteiger partial charge on any atom is -0.275 e. The molecule has 5 heteroatoms. The van der Waals surface area contributed by atoms with E-state index in [2.05, 4.69) is 10.2 Å². The number of hydrogen-bond donors (Lipinski definition) is 1. The highest BCUT2D eigenvalue weighted by molar-refractivity contribution is 5.70. The highest BCUT2D eigenvalue weighted by Crippen LogP contribution is 2.29. The van der Waals surface area contributed by atoms with Crippen molar-refractivity contribution in [3.8, 4) is 11.3 Å². The molecule has 0 aliphatic rings. The number of aromatic nitrogens is 2. The number of nitro groups is 1. The van der Waals surface area contributed by atoms with Crippen molar-refractivity contribution in [2.75, 3.05) is 0 Å². The van der Waals surface area contributed by atoms with E-state index in [0.29, 0.717) is 11.4 Å². The largest absolute Gasteiger partial charge is 0.317 e. The van der Waals surface area contributed by atoms with E-state index in [4.69, 9.17) is 0 Å². The Morgan fingerprint density at radius 3 is 2.60 bits per heavy atom. The Labute approximate surface area is 85.9 Å². The lowest BCUT2D eigenvalue weighted by Gasteiger charge is -1.95. The van der Waals surface area contributed by atoms with E-state index in [1.807, 2.05) is 18.2 Å². The SMILES string of the molecule is Cc1[nH]nc(-c2ccccc2)c1[N+](=O)[O-]. The van der Waals surface area contributed by atoms with Crippen LogP contribution < -0.4 is 0 Å². The van der Waals surface area contributed by atoms with Gasteiger partial charge in [0, 0.05) is 5.56 Å². The summed E-state index contributed by atoms with van der Waals surface area (Å²) in [5, 5.41) is 17.4. The van der Waals surface area contributed by atoms with Gasteiger partial charge in [-0.3, -0.25) is 15.2 Å². The fourth-order valence-corrected chi connectivity index (χ4v) is 1.44. The van der Waals surface area contributed by atoms with Gasteiger partial charge in [0.25, 0.3) is 0 Å². The first-order chi connectivity index (χ1) is 7.20. The van der Waals surface area contributed by atoms with Crippen LogP contribution in [0.15, 0.2) is 30.3 Å². The number of nitrogens with zero attached hydrogens (tertiary/aromatic N) is 2. The Kier molecular flexibility index (Phi) is 2.21. The third-order valence-corrected chi connectivity index (χ3v) is 2.14. The van der Waals surface area contributed by atoms with Crippen molar-refractivity contribution in [2.24, 2.45) is 0 Å². The number of rotatable bonds is 2. The predicted octanol–water partition coefficient (Wildman–Crippen LogP) is 2.29. The maximum atomic E-state index is 10.8. The minimum absolute atomic E-state index is 0.0428. The highest BCUT2D eigenvalue weighted by atomic mass is 16.6. The van der Waals surface area contributed by atoms with Gasteiger partial charge >= 0.3 is 5.69 Å². The smallest absolute Gasteiger partial charge is 0.275 e. The number of aryl methyl sites for hydroxylation is 1. The normalized spacial score (nSPS) is 10.2. The molecule has 0 bridgehead atoms. The molecule has 76 valence electrons. The van der Waals surface area contributed by atoms with Crippen LogP contribution in [0.25, 0.3) is 11.3 Å². The van der Waals surface area contributed by atoms with E-state index < -0.39 is 4.92 Å². The lowest BCUT2D eigenvalue weighted by Crippen LogP contribution is -1.91. The van der Waals surface area contributed by atoms with Crippen molar-refractivity contribution < 1.29 is 4.92 Å². The second kappa shape index (κ2) is 3.53. The van der Waals surface area contributed by atoms with Crippen LogP contribution in [0.1, 0.15) is 5.69 Å². The molecule has 0 atom stereocenters. The monoisotopic (exact) mass is 203 g/mol. The lowest BCUT2D eigenvalue weighted by atomic mass is 10.1. The molecule has 0 aliphatic carbocycles. The van der Waals surface area contributed by atoms with Crippen LogP contribution in [0, 0.1) is 17.0 Å². The molecule has 0 saturated heterocycles. The molecule has 0 amide bonds. The molecule has 0 aliphatic heterocycles. The predicted molar refractivity (Wildman–Crippen MR) is 55.4 cm³/mol. The van der Waals surface area contributed by atoms with Crippen molar-refractivity contribution in [1.82, 2.24) is 10.2 Å². The number of aromatic amines is 1. The van der Waals surface area contributed by atoms with Crippen molar-refractivity contribution in [3.63, 3.8) is 0 Å². The Morgan fingerprint density at radius 2 is 2.00 bits per heavy atom. The molecule has 0 unspecified atom stereocenters. The summed E-state index contributed by atoms with van der Waals surface area (Å²) in [6.07, 6.45) is 0. The quantitative estimate of drug-likeness (QED) is 0.601. The van der Waals surface area contributed by atoms with Crippen LogP contribution in [0.4, 0.5) is 5.69 Å². The molecule has 2 aromatic rings. The zero-order chi connectivity index (χ0) is 10.8. The summed E-state index contributed by atoms with van der Waals surface area (Å²) in [5.41, 5.74) is 1.65. The van der Waals surface area contributed by atoms with E-state index in [1.54, 1.807) is 19.1 Å². The molecule has 1 heterocycles. The molecule has 0 saturated carbocycles. The van der Waals surface area contributed by atoms with Gasteiger partial charge in [0.15, 0.2) is 5.69 Å². The fourth-order valence-electron chi connectivity index (χ4n) is 1.44. The molecule has 0 spiro atoms. The first kappa shape index (κ1) is 9.39. The van der Waals surface area contributed by atoms with Crippen LogP contribution in [0.2, 0.25) is 0 Å². The van der Waals surface area contributed by atoms with Gasteiger partial charge < -0.3 is 0 Å². The Bertz CT molecular complexity index is 491. The highest BCUT2D eigenvalue weighted by Gasteiger charge is 2.22. The van der Waals surface area contributed by atoms with E-state index in [-0.39, 0.29) is 5.69 Å². The second-order valence-electron chi connectivity index (χ2n) is 3.17. The molecule has 2 rings (SSSR count). The molecule has 15 heavy (non-hydrogen) atoms. The number of nitrogens with one attached hydrogen (secondary N) is 1. The Balaban J connectivity index is 2.59. The van der Waals surface area contributed by atoms with Crippen LogP contribution >= 0.6 is 0 Å². The molecule has 1 aromatic carbocycles. The van der Waals surface area contributed by atoms with Crippen molar-refractivity contribution in [2.45, 2.75) is 6.92 Å². The zero-order valence-electron chi connectivity index (χ0n) is 8.10. The van der Waals surface area contributed by atoms with Crippen LogP contribution in [-0.4, -0.2) is 15.1 Å². The maximum Gasteiger partial charge on any atom is 0.317 e. The molecule has 1 aromatic heterocycles. The maximum absolute atomic E-state index is 10.8. The molecule has 5 nitrogen and oxygen atoms in total. The van der Waals surface area contributed by atoms with E-state index >= 15 is 0 Å². The number of H-pyrrole nitrogens is 1. The van der Waals surface area contributed by atoms with E-state index in [0.717, 1.165) is 5.56 Å².